The lowest BCUT2D eigenvalue weighted by Gasteiger charge is -2.18. The Balaban J connectivity index is 1.14. The van der Waals surface area contributed by atoms with Crippen molar-refractivity contribution in [2.45, 2.75) is 0 Å². The van der Waals surface area contributed by atoms with E-state index in [2.05, 4.69) is 194 Å². The molecule has 0 N–H and O–H groups in total. The highest BCUT2D eigenvalue weighted by molar-refractivity contribution is 6.23. The minimum Gasteiger partial charge on any atom is -0.455 e. The van der Waals surface area contributed by atoms with Crippen LogP contribution in [0.5, 0.6) is 0 Å². The molecule has 0 spiro atoms. The molecule has 0 amide bonds. The Morgan fingerprint density at radius 2 is 0.736 bits per heavy atom. The molecule has 0 saturated carbocycles. The Morgan fingerprint density at radius 3 is 1.42 bits per heavy atom. The molecule has 11 rings (SSSR count). The van der Waals surface area contributed by atoms with Gasteiger partial charge in [-0.1, -0.05) is 170 Å². The van der Waals surface area contributed by atoms with Crippen LogP contribution in [0.4, 0.5) is 0 Å². The Hall–Kier alpha value is -6.96. The summed E-state index contributed by atoms with van der Waals surface area (Å²) in [6.07, 6.45) is 0. The maximum atomic E-state index is 6.98. The van der Waals surface area contributed by atoms with Crippen molar-refractivity contribution in [1.82, 2.24) is 0 Å². The summed E-state index contributed by atoms with van der Waals surface area (Å²) in [6.45, 7) is 0. The molecule has 0 aliphatic carbocycles. The summed E-state index contributed by atoms with van der Waals surface area (Å²) in [7, 11) is 0. The predicted octanol–water partition coefficient (Wildman–Crippen LogP) is 14.9. The monoisotopic (exact) mass is 672 g/mol. The van der Waals surface area contributed by atoms with E-state index >= 15 is 0 Å². The smallest absolute Gasteiger partial charge is 0.143 e. The molecule has 1 aromatic heterocycles. The van der Waals surface area contributed by atoms with E-state index in [0.29, 0.717) is 0 Å². The largest absolute Gasteiger partial charge is 0.455 e. The van der Waals surface area contributed by atoms with Crippen molar-refractivity contribution >= 4 is 65.0 Å². The molecule has 0 fully saturated rings. The topological polar surface area (TPSA) is 13.1 Å². The second-order valence-corrected chi connectivity index (χ2v) is 14.0. The molecule has 53 heavy (non-hydrogen) atoms. The highest BCUT2D eigenvalue weighted by atomic mass is 16.3. The summed E-state index contributed by atoms with van der Waals surface area (Å²) < 4.78 is 6.98. The maximum absolute atomic E-state index is 6.98. The van der Waals surface area contributed by atoms with Crippen LogP contribution in [-0.4, -0.2) is 0 Å². The van der Waals surface area contributed by atoms with Gasteiger partial charge in [-0.25, -0.2) is 0 Å². The van der Waals surface area contributed by atoms with Gasteiger partial charge in [-0.3, -0.25) is 0 Å². The summed E-state index contributed by atoms with van der Waals surface area (Å²) in [6, 6.07) is 70.4. The van der Waals surface area contributed by atoms with Crippen molar-refractivity contribution in [3.8, 4) is 44.5 Å². The molecule has 0 atom stereocenters. The number of rotatable bonds is 4. The number of furan rings is 1. The summed E-state index contributed by atoms with van der Waals surface area (Å²) in [5.41, 5.74) is 11.4. The average molecular weight is 673 g/mol. The Morgan fingerprint density at radius 1 is 0.245 bits per heavy atom. The van der Waals surface area contributed by atoms with Gasteiger partial charge in [0.25, 0.3) is 0 Å². The first-order valence-electron chi connectivity index (χ1n) is 18.3. The third-order valence-electron chi connectivity index (χ3n) is 11.0. The van der Waals surface area contributed by atoms with E-state index in [4.69, 9.17) is 4.42 Å². The van der Waals surface area contributed by atoms with Gasteiger partial charge in [-0.15, -0.1) is 0 Å². The number of hydrogen-bond donors (Lipinski definition) is 0. The van der Waals surface area contributed by atoms with Gasteiger partial charge in [0.2, 0.25) is 0 Å². The van der Waals surface area contributed by atoms with Crippen LogP contribution >= 0.6 is 0 Å². The molecule has 0 bridgehead atoms. The van der Waals surface area contributed by atoms with Crippen LogP contribution in [0.3, 0.4) is 0 Å². The minimum absolute atomic E-state index is 0.890. The molecule has 0 aliphatic rings. The first kappa shape index (κ1) is 29.7. The fourth-order valence-corrected chi connectivity index (χ4v) is 8.57. The van der Waals surface area contributed by atoms with Crippen molar-refractivity contribution < 1.29 is 4.42 Å². The van der Waals surface area contributed by atoms with Crippen LogP contribution < -0.4 is 0 Å². The van der Waals surface area contributed by atoms with Crippen molar-refractivity contribution in [2.24, 2.45) is 0 Å². The quantitative estimate of drug-likeness (QED) is 0.170. The van der Waals surface area contributed by atoms with Gasteiger partial charge in [-0.2, -0.15) is 0 Å². The third kappa shape index (κ3) is 4.71. The first-order valence-corrected chi connectivity index (χ1v) is 18.3. The molecular formula is C52H32O. The Bertz CT molecular complexity index is 3150. The van der Waals surface area contributed by atoms with Gasteiger partial charge in [0.05, 0.1) is 0 Å². The van der Waals surface area contributed by atoms with E-state index in [1.807, 2.05) is 0 Å². The molecule has 1 nitrogen and oxygen atoms in total. The van der Waals surface area contributed by atoms with Crippen LogP contribution in [0.15, 0.2) is 199 Å². The number of benzene rings is 10. The molecule has 0 saturated heterocycles. The molecule has 246 valence electrons. The molecular weight excluding hydrogens is 641 g/mol. The van der Waals surface area contributed by atoms with Gasteiger partial charge < -0.3 is 4.42 Å². The highest BCUT2D eigenvalue weighted by Crippen LogP contribution is 2.46. The normalized spacial score (nSPS) is 11.8. The van der Waals surface area contributed by atoms with Gasteiger partial charge in [0, 0.05) is 16.3 Å². The number of hydrogen-bond acceptors (Lipinski definition) is 1. The molecule has 10 aromatic carbocycles. The van der Waals surface area contributed by atoms with Crippen LogP contribution in [-0.2, 0) is 0 Å². The van der Waals surface area contributed by atoms with E-state index in [1.54, 1.807) is 0 Å². The van der Waals surface area contributed by atoms with Gasteiger partial charge >= 0.3 is 0 Å². The lowest BCUT2D eigenvalue weighted by molar-refractivity contribution is 0.670. The van der Waals surface area contributed by atoms with Crippen LogP contribution in [0.25, 0.3) is 110 Å². The minimum atomic E-state index is 0.890. The summed E-state index contributed by atoms with van der Waals surface area (Å²) >= 11 is 0. The van der Waals surface area contributed by atoms with Crippen LogP contribution in [0.2, 0.25) is 0 Å². The van der Waals surface area contributed by atoms with E-state index in [9.17, 15) is 0 Å². The van der Waals surface area contributed by atoms with Crippen molar-refractivity contribution in [3.63, 3.8) is 0 Å². The summed E-state index contributed by atoms with van der Waals surface area (Å²) in [5.74, 6) is 0. The maximum Gasteiger partial charge on any atom is 0.143 e. The molecule has 0 radical (unpaired) electrons. The van der Waals surface area contributed by atoms with E-state index in [-0.39, 0.29) is 0 Å². The van der Waals surface area contributed by atoms with E-state index < -0.39 is 0 Å². The van der Waals surface area contributed by atoms with Gasteiger partial charge in [0.1, 0.15) is 11.2 Å². The highest BCUT2D eigenvalue weighted by Gasteiger charge is 2.20. The second-order valence-electron chi connectivity index (χ2n) is 14.0. The summed E-state index contributed by atoms with van der Waals surface area (Å²) in [5, 5.41) is 12.1. The second kappa shape index (κ2) is 11.8. The first-order chi connectivity index (χ1) is 26.3. The fraction of sp³-hybridized carbons (Fsp3) is 0. The van der Waals surface area contributed by atoms with Gasteiger partial charge in [0.15, 0.2) is 0 Å². The Labute approximate surface area is 307 Å². The SMILES string of the molecule is c1ccc(-c2ccc(-c3c4ccccc4cc4c3oc3cc(-c5c6ccccc6c(-c6ccc7ccccc7c6)c6ccccc56)ccc34)cc2)cc1. The van der Waals surface area contributed by atoms with Crippen molar-refractivity contribution in [1.29, 1.82) is 0 Å². The van der Waals surface area contributed by atoms with Crippen molar-refractivity contribution in [3.05, 3.63) is 194 Å². The average Bonchev–Trinajstić information content (AvgIpc) is 3.59. The molecule has 0 unspecified atom stereocenters. The molecule has 1 heterocycles. The van der Waals surface area contributed by atoms with Crippen LogP contribution in [0.1, 0.15) is 0 Å². The van der Waals surface area contributed by atoms with Gasteiger partial charge in [-0.05, 0) is 106 Å². The molecule has 11 aromatic rings. The third-order valence-corrected chi connectivity index (χ3v) is 11.0. The number of fused-ring (bicyclic) bond motifs is 7. The molecule has 0 aliphatic heterocycles. The van der Waals surface area contributed by atoms with E-state index in [1.165, 1.54) is 70.9 Å². The zero-order chi connectivity index (χ0) is 34.9. The predicted molar refractivity (Wildman–Crippen MR) is 225 cm³/mol. The molecule has 1 heteroatoms. The van der Waals surface area contributed by atoms with Crippen LogP contribution in [0, 0.1) is 0 Å². The lowest BCUT2D eigenvalue weighted by atomic mass is 9.85. The standard InChI is InChI=1S/C52H32O/c1-2-12-33(13-3-1)35-22-25-36(26-23-35)51-41-17-7-6-16-38(41)31-47-42-29-28-40(32-48(42)53-52(47)51)50-45-20-10-8-18-43(45)49(44-19-9-11-21-46(44)50)39-27-24-34-14-4-5-15-37(34)30-39/h1-32H. The summed E-state index contributed by atoms with van der Waals surface area (Å²) in [4.78, 5) is 0. The zero-order valence-electron chi connectivity index (χ0n) is 28.9. The van der Waals surface area contributed by atoms with E-state index in [0.717, 1.165) is 38.6 Å². The zero-order valence-corrected chi connectivity index (χ0v) is 28.9. The van der Waals surface area contributed by atoms with Crippen molar-refractivity contribution in [2.75, 3.05) is 0 Å². The Kier molecular flexibility index (Phi) is 6.62. The fourth-order valence-electron chi connectivity index (χ4n) is 8.57. The lowest BCUT2D eigenvalue weighted by Crippen LogP contribution is -1.91.